The molecule has 1 heterocycles. The van der Waals surface area contributed by atoms with Gasteiger partial charge in [-0.3, -0.25) is 14.5 Å². The molecule has 3 aromatic rings. The van der Waals surface area contributed by atoms with Crippen LogP contribution in [-0.4, -0.2) is 31.6 Å². The van der Waals surface area contributed by atoms with E-state index >= 15 is 0 Å². The molecule has 1 saturated heterocycles. The normalized spacial score (nSPS) is 15.1. The zero-order valence-corrected chi connectivity index (χ0v) is 20.5. The Morgan fingerprint density at radius 1 is 1.03 bits per heavy atom. The predicted octanol–water partition coefficient (Wildman–Crippen LogP) is 5.49. The molecule has 1 aliphatic rings. The second-order valence-electron chi connectivity index (χ2n) is 7.26. The fourth-order valence-electron chi connectivity index (χ4n) is 3.20. The lowest BCUT2D eigenvalue weighted by atomic mass is 10.1. The highest BCUT2D eigenvalue weighted by Gasteiger charge is 2.35. The molecule has 180 valence electrons. The Morgan fingerprint density at radius 2 is 1.74 bits per heavy atom. The molecule has 0 atom stereocenters. The molecular formula is C24H17ClFNO6S2. The number of carbonyl (C=O) groups is 2. The summed E-state index contributed by atoms with van der Waals surface area (Å²) in [5, 5.41) is -0.174. The zero-order valence-electron chi connectivity index (χ0n) is 18.1. The Kier molecular flexibility index (Phi) is 7.15. The number of ether oxygens (including phenoxy) is 1. The standard InChI is InChI=1S/C24H17ClFNO6S2/c1-32-20-11-6-15(12-21(20)33-35(30,31)18-9-7-17(25)8-10-18)13-22-23(28)27(24(29)34-22)14-16-4-2-3-5-19(16)26/h2-13H,14H2,1H3/b22-13-. The molecule has 7 nitrogen and oxygen atoms in total. The monoisotopic (exact) mass is 533 g/mol. The van der Waals surface area contributed by atoms with Crippen LogP contribution in [-0.2, 0) is 21.5 Å². The molecule has 0 bridgehead atoms. The van der Waals surface area contributed by atoms with Crippen molar-refractivity contribution in [1.29, 1.82) is 0 Å². The van der Waals surface area contributed by atoms with Crippen LogP contribution in [0.4, 0.5) is 9.18 Å². The van der Waals surface area contributed by atoms with Crippen molar-refractivity contribution >= 4 is 50.7 Å². The second kappa shape index (κ2) is 10.1. The Morgan fingerprint density at radius 3 is 2.43 bits per heavy atom. The van der Waals surface area contributed by atoms with E-state index in [-0.39, 0.29) is 33.4 Å². The van der Waals surface area contributed by atoms with E-state index in [1.54, 1.807) is 12.1 Å². The van der Waals surface area contributed by atoms with Crippen molar-refractivity contribution in [2.75, 3.05) is 7.11 Å². The van der Waals surface area contributed by atoms with Crippen molar-refractivity contribution in [1.82, 2.24) is 4.90 Å². The van der Waals surface area contributed by atoms with Gasteiger partial charge in [0.15, 0.2) is 11.5 Å². The zero-order chi connectivity index (χ0) is 25.2. The van der Waals surface area contributed by atoms with Crippen molar-refractivity contribution < 1.29 is 31.3 Å². The van der Waals surface area contributed by atoms with Crippen molar-refractivity contribution in [2.45, 2.75) is 11.4 Å². The lowest BCUT2D eigenvalue weighted by molar-refractivity contribution is -0.123. The van der Waals surface area contributed by atoms with Gasteiger partial charge in [-0.1, -0.05) is 35.9 Å². The Labute approximate surface area is 210 Å². The minimum Gasteiger partial charge on any atom is -0.493 e. The van der Waals surface area contributed by atoms with Crippen molar-refractivity contribution in [2.24, 2.45) is 0 Å². The number of rotatable bonds is 7. The summed E-state index contributed by atoms with van der Waals surface area (Å²) >= 11 is 6.52. The molecule has 0 aromatic heterocycles. The second-order valence-corrected chi connectivity index (χ2v) is 10.2. The van der Waals surface area contributed by atoms with Crippen LogP contribution >= 0.6 is 23.4 Å². The maximum absolute atomic E-state index is 14.0. The lowest BCUT2D eigenvalue weighted by Crippen LogP contribution is -2.27. The Hall–Kier alpha value is -3.34. The van der Waals surface area contributed by atoms with Crippen LogP contribution in [0.15, 0.2) is 76.5 Å². The van der Waals surface area contributed by atoms with Gasteiger partial charge in [-0.05, 0) is 65.9 Å². The van der Waals surface area contributed by atoms with E-state index in [0.29, 0.717) is 22.3 Å². The van der Waals surface area contributed by atoms with Crippen LogP contribution in [0.1, 0.15) is 11.1 Å². The van der Waals surface area contributed by atoms with Crippen molar-refractivity contribution in [3.05, 3.63) is 93.6 Å². The third-order valence-electron chi connectivity index (χ3n) is 4.95. The number of nitrogens with zero attached hydrogens (tertiary/aromatic N) is 1. The van der Waals surface area contributed by atoms with Crippen LogP contribution in [0.25, 0.3) is 6.08 Å². The van der Waals surface area contributed by atoms with Gasteiger partial charge in [0.2, 0.25) is 0 Å². The molecule has 0 N–H and O–H groups in total. The topological polar surface area (TPSA) is 90.0 Å². The minimum atomic E-state index is -4.20. The number of methoxy groups -OCH3 is 1. The number of amides is 2. The van der Waals surface area contributed by atoms with Gasteiger partial charge in [-0.25, -0.2) is 4.39 Å². The highest BCUT2D eigenvalue weighted by Crippen LogP contribution is 2.36. The van der Waals surface area contributed by atoms with Crippen LogP contribution in [0.3, 0.4) is 0 Å². The molecule has 3 aromatic carbocycles. The minimum absolute atomic E-state index is 0.100. The largest absolute Gasteiger partial charge is 0.493 e. The molecule has 1 fully saturated rings. The van der Waals surface area contributed by atoms with Gasteiger partial charge in [0.25, 0.3) is 11.1 Å². The third-order valence-corrected chi connectivity index (χ3v) is 7.35. The number of hydrogen-bond donors (Lipinski definition) is 0. The number of hydrogen-bond acceptors (Lipinski definition) is 7. The van der Waals surface area contributed by atoms with E-state index in [4.69, 9.17) is 20.5 Å². The molecule has 0 aliphatic carbocycles. The first-order chi connectivity index (χ1) is 16.7. The summed E-state index contributed by atoms with van der Waals surface area (Å²) < 4.78 is 49.9. The third kappa shape index (κ3) is 5.50. The number of carbonyl (C=O) groups excluding carboxylic acids is 2. The van der Waals surface area contributed by atoms with Crippen LogP contribution in [0.2, 0.25) is 5.02 Å². The average molecular weight is 534 g/mol. The number of benzene rings is 3. The summed E-state index contributed by atoms with van der Waals surface area (Å²) in [7, 11) is -2.85. The highest BCUT2D eigenvalue weighted by molar-refractivity contribution is 8.18. The van der Waals surface area contributed by atoms with Crippen LogP contribution in [0, 0.1) is 5.82 Å². The summed E-state index contributed by atoms with van der Waals surface area (Å²) in [5.41, 5.74) is 0.604. The van der Waals surface area contributed by atoms with E-state index in [9.17, 15) is 22.4 Å². The predicted molar refractivity (Wildman–Crippen MR) is 130 cm³/mol. The first-order valence-electron chi connectivity index (χ1n) is 10.0. The van der Waals surface area contributed by atoms with E-state index < -0.39 is 27.1 Å². The van der Waals surface area contributed by atoms with Crippen LogP contribution < -0.4 is 8.92 Å². The fourth-order valence-corrected chi connectivity index (χ4v) is 5.10. The van der Waals surface area contributed by atoms with Gasteiger partial charge < -0.3 is 8.92 Å². The van der Waals surface area contributed by atoms with Gasteiger partial charge in [0.1, 0.15) is 10.7 Å². The summed E-state index contributed by atoms with van der Waals surface area (Å²) in [5.74, 6) is -1.07. The quantitative estimate of drug-likeness (QED) is 0.293. The maximum Gasteiger partial charge on any atom is 0.339 e. The van der Waals surface area contributed by atoms with E-state index in [2.05, 4.69) is 0 Å². The SMILES string of the molecule is COc1ccc(/C=C2\SC(=O)N(Cc3ccccc3F)C2=O)cc1OS(=O)(=O)c1ccc(Cl)cc1. The molecule has 11 heteroatoms. The van der Waals surface area contributed by atoms with E-state index in [1.165, 1.54) is 67.8 Å². The summed E-state index contributed by atoms with van der Waals surface area (Å²) in [4.78, 5) is 26.2. The molecule has 2 amide bonds. The van der Waals surface area contributed by atoms with Gasteiger partial charge in [-0.2, -0.15) is 8.42 Å². The number of thioether (sulfide) groups is 1. The van der Waals surface area contributed by atoms with Crippen LogP contribution in [0.5, 0.6) is 11.5 Å². The number of imide groups is 1. The molecule has 0 spiro atoms. The molecule has 4 rings (SSSR count). The molecule has 35 heavy (non-hydrogen) atoms. The number of halogens is 2. The highest BCUT2D eigenvalue weighted by atomic mass is 35.5. The molecule has 0 saturated carbocycles. The van der Waals surface area contributed by atoms with Gasteiger partial charge in [0, 0.05) is 10.6 Å². The summed E-state index contributed by atoms with van der Waals surface area (Å²) in [6, 6.07) is 15.8. The Balaban J connectivity index is 1.60. The summed E-state index contributed by atoms with van der Waals surface area (Å²) in [6.45, 7) is -0.203. The molecule has 0 unspecified atom stereocenters. The smallest absolute Gasteiger partial charge is 0.339 e. The summed E-state index contributed by atoms with van der Waals surface area (Å²) in [6.07, 6.45) is 1.42. The average Bonchev–Trinajstić information content (AvgIpc) is 3.08. The van der Waals surface area contributed by atoms with E-state index in [1.807, 2.05) is 0 Å². The molecule has 0 radical (unpaired) electrons. The first-order valence-corrected chi connectivity index (χ1v) is 12.6. The van der Waals surface area contributed by atoms with Gasteiger partial charge in [0.05, 0.1) is 18.6 Å². The van der Waals surface area contributed by atoms with Gasteiger partial charge >= 0.3 is 10.1 Å². The van der Waals surface area contributed by atoms with Crippen molar-refractivity contribution in [3.8, 4) is 11.5 Å². The molecule has 1 aliphatic heterocycles. The maximum atomic E-state index is 14.0. The van der Waals surface area contributed by atoms with E-state index in [0.717, 1.165) is 4.90 Å². The Bertz CT molecular complexity index is 1440. The fraction of sp³-hybridized carbons (Fsp3) is 0.0833. The van der Waals surface area contributed by atoms with Gasteiger partial charge in [-0.15, -0.1) is 0 Å². The van der Waals surface area contributed by atoms with Crippen molar-refractivity contribution in [3.63, 3.8) is 0 Å². The molecular weight excluding hydrogens is 517 g/mol. The lowest BCUT2D eigenvalue weighted by Gasteiger charge is -2.13. The first kappa shape index (κ1) is 24.8.